The van der Waals surface area contributed by atoms with Gasteiger partial charge in [-0.3, -0.25) is 4.79 Å². The Kier molecular flexibility index (Phi) is 4.07. The molecule has 1 aliphatic rings. The summed E-state index contributed by atoms with van der Waals surface area (Å²) in [5.74, 6) is -0.204. The second kappa shape index (κ2) is 5.89. The van der Waals surface area contributed by atoms with Gasteiger partial charge in [0.2, 0.25) is 10.0 Å². The molecule has 9 heteroatoms. The molecular formula is C14H19N5O3S. The van der Waals surface area contributed by atoms with Crippen molar-refractivity contribution in [3.8, 4) is 0 Å². The Hall–Kier alpha value is -2.00. The first kappa shape index (κ1) is 15.9. The highest BCUT2D eigenvalue weighted by Gasteiger charge is 2.26. The van der Waals surface area contributed by atoms with Crippen LogP contribution in [-0.4, -0.2) is 58.6 Å². The van der Waals surface area contributed by atoms with E-state index in [4.69, 9.17) is 0 Å². The van der Waals surface area contributed by atoms with Crippen LogP contribution in [0.1, 0.15) is 28.9 Å². The Labute approximate surface area is 134 Å². The number of piperidine rings is 1. The van der Waals surface area contributed by atoms with Gasteiger partial charge in [-0.05, 0) is 19.8 Å². The first-order valence-corrected chi connectivity index (χ1v) is 9.26. The van der Waals surface area contributed by atoms with Gasteiger partial charge in [-0.15, -0.1) is 0 Å². The molecule has 23 heavy (non-hydrogen) atoms. The molecule has 0 bridgehead atoms. The van der Waals surface area contributed by atoms with E-state index in [1.807, 2.05) is 6.92 Å². The molecule has 0 spiro atoms. The predicted octanol–water partition coefficient (Wildman–Crippen LogP) is 0.192. The Morgan fingerprint density at radius 2 is 2.04 bits per heavy atom. The zero-order chi connectivity index (χ0) is 16.6. The normalized spacial score (nSPS) is 17.5. The minimum Gasteiger partial charge on any atom is -0.349 e. The molecule has 124 valence electrons. The molecule has 0 radical (unpaired) electrons. The molecule has 0 atom stereocenters. The predicted molar refractivity (Wildman–Crippen MR) is 84.6 cm³/mol. The number of amides is 1. The Balaban J connectivity index is 1.69. The molecule has 0 aromatic carbocycles. The number of sulfonamides is 1. The van der Waals surface area contributed by atoms with Crippen LogP contribution in [0, 0.1) is 6.92 Å². The van der Waals surface area contributed by atoms with Crippen LogP contribution in [-0.2, 0) is 10.0 Å². The summed E-state index contributed by atoms with van der Waals surface area (Å²) < 4.78 is 26.1. The summed E-state index contributed by atoms with van der Waals surface area (Å²) in [5.41, 5.74) is 1.90. The molecule has 2 aromatic heterocycles. The quantitative estimate of drug-likeness (QED) is 0.862. The SMILES string of the molecule is Cc1c(C(=O)NC2CCN(S(C)(=O)=O)CC2)cnc2ccnn12. The van der Waals surface area contributed by atoms with E-state index in [-0.39, 0.29) is 11.9 Å². The standard InChI is InChI=1S/C14H19N5O3S/c1-10-12(9-15-13-3-6-16-19(10)13)14(20)17-11-4-7-18(8-5-11)23(2,21)22/h3,6,9,11H,4-5,7-8H2,1-2H3,(H,17,20). The van der Waals surface area contributed by atoms with Crippen LogP contribution < -0.4 is 5.32 Å². The number of rotatable bonds is 3. The first-order chi connectivity index (χ1) is 10.9. The molecule has 1 aliphatic heterocycles. The van der Waals surface area contributed by atoms with Gasteiger partial charge in [0.15, 0.2) is 5.65 Å². The molecular weight excluding hydrogens is 318 g/mol. The maximum Gasteiger partial charge on any atom is 0.254 e. The number of nitrogens with zero attached hydrogens (tertiary/aromatic N) is 4. The van der Waals surface area contributed by atoms with Gasteiger partial charge in [0.05, 0.1) is 23.7 Å². The number of carbonyl (C=O) groups is 1. The van der Waals surface area contributed by atoms with Gasteiger partial charge >= 0.3 is 0 Å². The lowest BCUT2D eigenvalue weighted by molar-refractivity contribution is 0.0922. The average molecular weight is 337 g/mol. The largest absolute Gasteiger partial charge is 0.349 e. The Morgan fingerprint density at radius 1 is 1.35 bits per heavy atom. The van der Waals surface area contributed by atoms with Gasteiger partial charge in [0.1, 0.15) is 0 Å². The van der Waals surface area contributed by atoms with Crippen molar-refractivity contribution in [2.45, 2.75) is 25.8 Å². The molecule has 3 heterocycles. The highest BCUT2D eigenvalue weighted by molar-refractivity contribution is 7.88. The lowest BCUT2D eigenvalue weighted by atomic mass is 10.1. The van der Waals surface area contributed by atoms with E-state index in [2.05, 4.69) is 15.4 Å². The third-order valence-corrected chi connectivity index (χ3v) is 5.46. The van der Waals surface area contributed by atoms with Gasteiger partial charge in [-0.1, -0.05) is 0 Å². The molecule has 1 fully saturated rings. The summed E-state index contributed by atoms with van der Waals surface area (Å²) >= 11 is 0. The summed E-state index contributed by atoms with van der Waals surface area (Å²) in [7, 11) is -3.16. The fourth-order valence-corrected chi connectivity index (χ4v) is 3.68. The Bertz CT molecular complexity index is 837. The van der Waals surface area contributed by atoms with Crippen molar-refractivity contribution in [1.82, 2.24) is 24.2 Å². The molecule has 3 rings (SSSR count). The van der Waals surface area contributed by atoms with Crippen molar-refractivity contribution in [2.24, 2.45) is 0 Å². The van der Waals surface area contributed by atoms with Gasteiger partial charge in [-0.2, -0.15) is 5.10 Å². The number of aromatic nitrogens is 3. The van der Waals surface area contributed by atoms with E-state index >= 15 is 0 Å². The minimum absolute atomic E-state index is 0.0341. The van der Waals surface area contributed by atoms with Crippen molar-refractivity contribution in [3.63, 3.8) is 0 Å². The number of hydrogen-bond acceptors (Lipinski definition) is 5. The molecule has 1 amide bonds. The van der Waals surface area contributed by atoms with Crippen LogP contribution in [0.25, 0.3) is 5.65 Å². The molecule has 0 aliphatic carbocycles. The third kappa shape index (κ3) is 3.20. The molecule has 0 unspecified atom stereocenters. The summed E-state index contributed by atoms with van der Waals surface area (Å²) in [5, 5.41) is 7.11. The molecule has 0 saturated carbocycles. The number of nitrogens with one attached hydrogen (secondary N) is 1. The maximum atomic E-state index is 12.5. The summed E-state index contributed by atoms with van der Waals surface area (Å²) in [6, 6.07) is 1.74. The van der Waals surface area contributed by atoms with E-state index in [1.165, 1.54) is 10.6 Å². The van der Waals surface area contributed by atoms with Gasteiger partial charge in [-0.25, -0.2) is 22.2 Å². The average Bonchev–Trinajstić information content (AvgIpc) is 2.96. The van der Waals surface area contributed by atoms with Crippen LogP contribution >= 0.6 is 0 Å². The van der Waals surface area contributed by atoms with Gasteiger partial charge in [0, 0.05) is 31.4 Å². The van der Waals surface area contributed by atoms with Crippen molar-refractivity contribution < 1.29 is 13.2 Å². The third-order valence-electron chi connectivity index (χ3n) is 4.16. The highest BCUT2D eigenvalue weighted by atomic mass is 32.2. The van der Waals surface area contributed by atoms with E-state index in [0.717, 1.165) is 5.69 Å². The summed E-state index contributed by atoms with van der Waals surface area (Å²) in [6.45, 7) is 2.68. The van der Waals surface area contributed by atoms with Crippen LogP contribution in [0.5, 0.6) is 0 Å². The summed E-state index contributed by atoms with van der Waals surface area (Å²) in [6.07, 6.45) is 5.61. The van der Waals surface area contributed by atoms with E-state index in [0.29, 0.717) is 37.1 Å². The zero-order valence-corrected chi connectivity index (χ0v) is 13.9. The van der Waals surface area contributed by atoms with Gasteiger partial charge in [0.25, 0.3) is 5.91 Å². The number of hydrogen-bond donors (Lipinski definition) is 1. The lowest BCUT2D eigenvalue weighted by Gasteiger charge is -2.30. The highest BCUT2D eigenvalue weighted by Crippen LogP contribution is 2.15. The van der Waals surface area contributed by atoms with Crippen molar-refractivity contribution in [3.05, 3.63) is 29.7 Å². The van der Waals surface area contributed by atoms with Gasteiger partial charge < -0.3 is 5.32 Å². The van der Waals surface area contributed by atoms with E-state index in [9.17, 15) is 13.2 Å². The molecule has 1 saturated heterocycles. The molecule has 8 nitrogen and oxygen atoms in total. The van der Waals surface area contributed by atoms with Crippen molar-refractivity contribution in [2.75, 3.05) is 19.3 Å². The smallest absolute Gasteiger partial charge is 0.254 e. The van der Waals surface area contributed by atoms with Crippen LogP contribution in [0.4, 0.5) is 0 Å². The maximum absolute atomic E-state index is 12.5. The fraction of sp³-hybridized carbons (Fsp3) is 0.500. The van der Waals surface area contributed by atoms with Crippen LogP contribution in [0.15, 0.2) is 18.5 Å². The number of fused-ring (bicyclic) bond motifs is 1. The van der Waals surface area contributed by atoms with E-state index < -0.39 is 10.0 Å². The topological polar surface area (TPSA) is 96.7 Å². The molecule has 2 aromatic rings. The van der Waals surface area contributed by atoms with E-state index in [1.54, 1.807) is 23.0 Å². The number of carbonyl (C=O) groups excluding carboxylic acids is 1. The van der Waals surface area contributed by atoms with Crippen LogP contribution in [0.2, 0.25) is 0 Å². The second-order valence-electron chi connectivity index (χ2n) is 5.77. The first-order valence-electron chi connectivity index (χ1n) is 7.41. The van der Waals surface area contributed by atoms with Crippen LogP contribution in [0.3, 0.4) is 0 Å². The second-order valence-corrected chi connectivity index (χ2v) is 7.75. The summed E-state index contributed by atoms with van der Waals surface area (Å²) in [4.78, 5) is 16.7. The monoisotopic (exact) mass is 337 g/mol. The minimum atomic E-state index is -3.16. The fourth-order valence-electron chi connectivity index (χ4n) is 2.81. The lowest BCUT2D eigenvalue weighted by Crippen LogP contribution is -2.46. The zero-order valence-electron chi connectivity index (χ0n) is 13.1. The van der Waals surface area contributed by atoms with Crippen molar-refractivity contribution >= 4 is 21.6 Å². The number of aryl methyl sites for hydroxylation is 1. The molecule has 1 N–H and O–H groups in total. The van der Waals surface area contributed by atoms with Crippen molar-refractivity contribution in [1.29, 1.82) is 0 Å². The Morgan fingerprint density at radius 3 is 2.70 bits per heavy atom.